The number of hydrogen-bond acceptors (Lipinski definition) is 5. The van der Waals surface area contributed by atoms with Crippen LogP contribution >= 0.6 is 0 Å². The molecule has 41 heavy (non-hydrogen) atoms. The monoisotopic (exact) mass is 547 g/mol. The first kappa shape index (κ1) is 25.3. The lowest BCUT2D eigenvalue weighted by Gasteiger charge is -2.53. The molecule has 0 saturated heterocycles. The number of nitrogens with zero attached hydrogens (tertiary/aromatic N) is 3. The summed E-state index contributed by atoms with van der Waals surface area (Å²) < 4.78 is 4.08. The van der Waals surface area contributed by atoms with Gasteiger partial charge < -0.3 is 5.11 Å². The number of rotatable bonds is 2. The second-order valence-electron chi connectivity index (χ2n) is 11.5. The number of carbonyl (C=O) groups is 2. The van der Waals surface area contributed by atoms with Gasteiger partial charge in [0.25, 0.3) is 0 Å². The maximum Gasteiger partial charge on any atom is 0.352 e. The summed E-state index contributed by atoms with van der Waals surface area (Å²) in [7, 11) is 0. The maximum absolute atomic E-state index is 14.2. The molecule has 0 amide bonds. The third kappa shape index (κ3) is 3.21. The van der Waals surface area contributed by atoms with Crippen molar-refractivity contribution in [2.75, 3.05) is 0 Å². The van der Waals surface area contributed by atoms with Gasteiger partial charge in [-0.2, -0.15) is 0 Å². The molecule has 3 aromatic carbocycles. The van der Waals surface area contributed by atoms with Crippen molar-refractivity contribution < 1.29 is 14.7 Å². The van der Waals surface area contributed by atoms with Gasteiger partial charge in [0.05, 0.1) is 23.7 Å². The molecule has 1 N–H and O–H groups in total. The van der Waals surface area contributed by atoms with Gasteiger partial charge in [0.15, 0.2) is 11.6 Å². The van der Waals surface area contributed by atoms with Crippen LogP contribution < -0.4 is 11.4 Å². The third-order valence-corrected chi connectivity index (χ3v) is 9.69. The summed E-state index contributed by atoms with van der Waals surface area (Å²) in [6.07, 6.45) is 2.18. The highest BCUT2D eigenvalue weighted by Crippen LogP contribution is 2.61. The minimum Gasteiger partial charge on any atom is -0.507 e. The van der Waals surface area contributed by atoms with E-state index >= 15 is 0 Å². The highest BCUT2D eigenvalue weighted by atomic mass is 16.3. The highest BCUT2D eigenvalue weighted by Gasteiger charge is 2.60. The van der Waals surface area contributed by atoms with Crippen molar-refractivity contribution in [1.82, 2.24) is 13.9 Å². The Morgan fingerprint density at radius 1 is 0.829 bits per heavy atom. The summed E-state index contributed by atoms with van der Waals surface area (Å²) in [6.45, 7) is 5.44. The van der Waals surface area contributed by atoms with Crippen LogP contribution in [0.2, 0.25) is 0 Å². The van der Waals surface area contributed by atoms with Gasteiger partial charge in [-0.05, 0) is 66.1 Å². The number of Topliss-reactive ketones (excluding diaryl/α,β-unsaturated/α-hetero) is 2. The van der Waals surface area contributed by atoms with Gasteiger partial charge in [-0.3, -0.25) is 9.59 Å². The first-order chi connectivity index (χ1) is 19.7. The Morgan fingerprint density at radius 3 is 2.24 bits per heavy atom. The molecule has 1 fully saturated rings. The van der Waals surface area contributed by atoms with E-state index in [-0.39, 0.29) is 30.3 Å². The molecule has 4 atom stereocenters. The van der Waals surface area contributed by atoms with Crippen LogP contribution in [0.15, 0.2) is 99.1 Å². The first-order valence-corrected chi connectivity index (χ1v) is 13.8. The van der Waals surface area contributed by atoms with E-state index in [1.807, 2.05) is 49.4 Å². The van der Waals surface area contributed by atoms with E-state index in [4.69, 9.17) is 0 Å². The Morgan fingerprint density at radius 2 is 1.51 bits per heavy atom. The van der Waals surface area contributed by atoms with Crippen molar-refractivity contribution in [2.24, 2.45) is 11.3 Å². The lowest BCUT2D eigenvalue weighted by molar-refractivity contribution is -0.140. The van der Waals surface area contributed by atoms with Gasteiger partial charge in [-0.1, -0.05) is 61.5 Å². The smallest absolute Gasteiger partial charge is 0.352 e. The number of phenols is 1. The Kier molecular flexibility index (Phi) is 5.32. The zero-order chi connectivity index (χ0) is 28.8. The molecule has 8 nitrogen and oxygen atoms in total. The van der Waals surface area contributed by atoms with Gasteiger partial charge in [0.2, 0.25) is 0 Å². The van der Waals surface area contributed by atoms with Crippen LogP contribution in [0.4, 0.5) is 0 Å². The lowest BCUT2D eigenvalue weighted by atomic mass is 9.49. The molecule has 2 heterocycles. The van der Waals surface area contributed by atoms with Crippen LogP contribution in [0.25, 0.3) is 16.5 Å². The minimum atomic E-state index is -1.11. The van der Waals surface area contributed by atoms with Crippen LogP contribution in [0.1, 0.15) is 44.7 Å². The molecule has 8 heteroatoms. The highest BCUT2D eigenvalue weighted by molar-refractivity contribution is 6.16. The van der Waals surface area contributed by atoms with E-state index in [9.17, 15) is 24.3 Å². The quantitative estimate of drug-likeness (QED) is 0.374. The lowest BCUT2D eigenvalue weighted by Crippen LogP contribution is -2.55. The first-order valence-electron chi connectivity index (χ1n) is 13.8. The third-order valence-electron chi connectivity index (χ3n) is 9.69. The molecule has 1 saturated carbocycles. The molecule has 0 radical (unpaired) electrons. The summed E-state index contributed by atoms with van der Waals surface area (Å²) in [5, 5.41) is 12.1. The second-order valence-corrected chi connectivity index (χ2v) is 11.5. The van der Waals surface area contributed by atoms with Gasteiger partial charge in [-0.15, -0.1) is 0 Å². The van der Waals surface area contributed by atoms with Crippen LogP contribution in [-0.4, -0.2) is 30.6 Å². The Balaban J connectivity index is 1.52. The Hall–Kier alpha value is -4.72. The molecule has 3 aliphatic rings. The topological polar surface area (TPSA) is 103 Å². The number of fused-ring (bicyclic) bond motifs is 5. The normalized spacial score (nSPS) is 25.5. The predicted molar refractivity (Wildman–Crippen MR) is 154 cm³/mol. The average Bonchev–Trinajstić information content (AvgIpc) is 3.25. The van der Waals surface area contributed by atoms with Crippen molar-refractivity contribution >= 4 is 22.3 Å². The van der Waals surface area contributed by atoms with E-state index in [1.54, 1.807) is 44.2 Å². The van der Waals surface area contributed by atoms with Gasteiger partial charge in [0.1, 0.15) is 5.75 Å². The molecule has 0 unspecified atom stereocenters. The predicted octanol–water partition coefficient (Wildman–Crippen LogP) is 4.44. The average molecular weight is 548 g/mol. The number of para-hydroxylation sites is 1. The van der Waals surface area contributed by atoms with E-state index in [2.05, 4.69) is 0 Å². The zero-order valence-corrected chi connectivity index (χ0v) is 23.0. The fourth-order valence-corrected chi connectivity index (χ4v) is 7.54. The summed E-state index contributed by atoms with van der Waals surface area (Å²) in [4.78, 5) is 55.7. The standard InChI is InChI=1S/C33H29N3O5/c1-18-19(2)30(39)33(3)25(29(18)38)17-26-24(28(33)23-13-14-27(37)22-12-8-7-11-21(22)23)15-16-34-31(40)35(32(41)36(26)34)20-9-5-4-6-10-20/h4-15,25-26,28,37H,16-17H2,1-3H3/t25-,26+,28-,33+/m0/s1. The van der Waals surface area contributed by atoms with Gasteiger partial charge in [0, 0.05) is 17.2 Å². The van der Waals surface area contributed by atoms with E-state index < -0.39 is 34.7 Å². The van der Waals surface area contributed by atoms with E-state index in [1.165, 1.54) is 13.9 Å². The molecule has 1 aromatic heterocycles. The molecule has 7 rings (SSSR count). The molecule has 206 valence electrons. The molecular formula is C33H29N3O5. The number of ketones is 2. The number of benzene rings is 3. The molecular weight excluding hydrogens is 518 g/mol. The largest absolute Gasteiger partial charge is 0.507 e. The second kappa shape index (κ2) is 8.64. The van der Waals surface area contributed by atoms with Crippen molar-refractivity contribution in [1.29, 1.82) is 0 Å². The number of allylic oxidation sites excluding steroid dienone is 4. The molecule has 0 spiro atoms. The number of carbonyl (C=O) groups excluding carboxylic acids is 2. The SMILES string of the molecule is CC1=C(C)C(=O)[C@@]2(C)[C@@H](c3ccc(O)c4ccccc34)C3=CCn4c(=O)n(-c5ccccc5)c(=O)n4[C@@H]3C[C@H]2C1=O. The molecule has 0 bridgehead atoms. The van der Waals surface area contributed by atoms with Gasteiger partial charge >= 0.3 is 11.4 Å². The summed E-state index contributed by atoms with van der Waals surface area (Å²) >= 11 is 0. The molecule has 4 aromatic rings. The van der Waals surface area contributed by atoms with Crippen molar-refractivity contribution in [3.8, 4) is 11.4 Å². The Bertz CT molecular complexity index is 1990. The Labute approximate surface area is 235 Å². The van der Waals surface area contributed by atoms with Crippen LogP contribution in [0.5, 0.6) is 5.75 Å². The van der Waals surface area contributed by atoms with Gasteiger partial charge in [-0.25, -0.2) is 23.5 Å². The van der Waals surface area contributed by atoms with E-state index in [0.29, 0.717) is 22.2 Å². The molecule has 2 aliphatic carbocycles. The molecule has 1 aliphatic heterocycles. The number of phenolic OH excluding ortho intramolecular Hbond substituents is 1. The van der Waals surface area contributed by atoms with Crippen molar-refractivity contribution in [3.05, 3.63) is 116 Å². The van der Waals surface area contributed by atoms with Crippen LogP contribution in [-0.2, 0) is 16.1 Å². The summed E-state index contributed by atoms with van der Waals surface area (Å²) in [5.74, 6) is -1.33. The van der Waals surface area contributed by atoms with Crippen LogP contribution in [0.3, 0.4) is 0 Å². The maximum atomic E-state index is 14.2. The fraction of sp³-hybridized carbons (Fsp3) is 0.273. The minimum absolute atomic E-state index is 0.0849. The fourth-order valence-electron chi connectivity index (χ4n) is 7.54. The summed E-state index contributed by atoms with van der Waals surface area (Å²) in [6, 6.07) is 19.1. The van der Waals surface area contributed by atoms with Crippen LogP contribution in [0, 0.1) is 11.3 Å². The van der Waals surface area contributed by atoms with Crippen molar-refractivity contribution in [3.63, 3.8) is 0 Å². The zero-order valence-electron chi connectivity index (χ0n) is 23.0. The van der Waals surface area contributed by atoms with E-state index in [0.717, 1.165) is 16.5 Å². The number of aromatic hydroxyl groups is 1. The van der Waals surface area contributed by atoms with Crippen molar-refractivity contribution in [2.45, 2.75) is 45.7 Å². The number of hydrogen-bond donors (Lipinski definition) is 1. The number of aromatic nitrogens is 3. The summed E-state index contributed by atoms with van der Waals surface area (Å²) in [5.41, 5.74) is 0.974.